The highest BCUT2D eigenvalue weighted by atomic mass is 19.1. The third kappa shape index (κ3) is 2.14. The molecule has 1 saturated heterocycles. The Kier molecular flexibility index (Phi) is 3.97. The molecule has 1 fully saturated rings. The van der Waals surface area contributed by atoms with Gasteiger partial charge in [0, 0.05) is 18.6 Å². The summed E-state index contributed by atoms with van der Waals surface area (Å²) in [7, 11) is 1.55. The fourth-order valence-electron chi connectivity index (χ4n) is 2.53. The highest BCUT2D eigenvalue weighted by molar-refractivity contribution is 5.29. The summed E-state index contributed by atoms with van der Waals surface area (Å²) in [5.74, 6) is -0.755. The molecule has 2 rings (SSSR count). The van der Waals surface area contributed by atoms with Crippen molar-refractivity contribution in [3.8, 4) is 0 Å². The smallest absolute Gasteiger partial charge is 0.128 e. The summed E-state index contributed by atoms with van der Waals surface area (Å²) < 4.78 is 24.4. The molecule has 100 valence electrons. The van der Waals surface area contributed by atoms with Crippen molar-refractivity contribution in [2.75, 3.05) is 26.9 Å². The minimum atomic E-state index is -1.01. The average Bonchev–Trinajstić information content (AvgIpc) is 2.68. The van der Waals surface area contributed by atoms with Crippen molar-refractivity contribution in [1.29, 1.82) is 0 Å². The maximum Gasteiger partial charge on any atom is 0.128 e. The molecule has 0 spiro atoms. The minimum Gasteiger partial charge on any atom is -0.396 e. The normalized spacial score (nSPS) is 31.8. The number of methoxy groups -OCH3 is 1. The summed E-state index contributed by atoms with van der Waals surface area (Å²) in [6.07, 6.45) is -0.315. The molecule has 1 heterocycles. The lowest BCUT2D eigenvalue weighted by Crippen LogP contribution is -2.48. The van der Waals surface area contributed by atoms with Crippen LogP contribution in [0.4, 0.5) is 4.39 Å². The van der Waals surface area contributed by atoms with Crippen molar-refractivity contribution in [1.82, 2.24) is 0 Å². The molecular weight excluding hydrogens is 237 g/mol. The second kappa shape index (κ2) is 5.32. The Bertz CT molecular complexity index is 415. The van der Waals surface area contributed by atoms with Crippen molar-refractivity contribution >= 4 is 0 Å². The topological polar surface area (TPSA) is 64.7 Å². The zero-order chi connectivity index (χ0) is 13.2. The fraction of sp³-hybridized carbons (Fsp3) is 0.538. The van der Waals surface area contributed by atoms with Gasteiger partial charge in [0.2, 0.25) is 0 Å². The number of hydrogen-bond donors (Lipinski definition) is 2. The maximum atomic E-state index is 13.9. The van der Waals surface area contributed by atoms with Crippen LogP contribution in [0.2, 0.25) is 0 Å². The summed E-state index contributed by atoms with van der Waals surface area (Å²) in [6, 6.07) is 6.34. The van der Waals surface area contributed by atoms with Crippen molar-refractivity contribution in [3.05, 3.63) is 35.6 Å². The number of ether oxygens (including phenoxy) is 2. The Balaban J connectivity index is 2.33. The molecule has 0 unspecified atom stereocenters. The van der Waals surface area contributed by atoms with Crippen LogP contribution < -0.4 is 5.73 Å². The van der Waals surface area contributed by atoms with Gasteiger partial charge in [-0.3, -0.25) is 0 Å². The van der Waals surface area contributed by atoms with Crippen LogP contribution >= 0.6 is 0 Å². The number of hydrogen-bond acceptors (Lipinski definition) is 4. The van der Waals surface area contributed by atoms with Crippen molar-refractivity contribution in [2.24, 2.45) is 11.7 Å². The second-order valence-corrected chi connectivity index (χ2v) is 4.61. The third-order valence-electron chi connectivity index (χ3n) is 3.55. The summed E-state index contributed by atoms with van der Waals surface area (Å²) in [5, 5.41) is 9.51. The largest absolute Gasteiger partial charge is 0.396 e. The molecular formula is C13H18FNO3. The average molecular weight is 255 g/mol. The molecule has 3 atom stereocenters. The van der Waals surface area contributed by atoms with Crippen LogP contribution in [0.3, 0.4) is 0 Å². The third-order valence-corrected chi connectivity index (χ3v) is 3.55. The van der Waals surface area contributed by atoms with Crippen LogP contribution in [-0.2, 0) is 15.0 Å². The van der Waals surface area contributed by atoms with E-state index in [2.05, 4.69) is 0 Å². The summed E-state index contributed by atoms with van der Waals surface area (Å²) in [6.45, 7) is 0.338. The standard InChI is InChI=1S/C13H18FNO3/c1-17-7-12-10(6-16)13(15,8-18-12)9-4-2-3-5-11(9)14/h2-5,10,12,16H,6-8,15H2,1H3/t10-,12-,13-/m1/s1. The molecule has 1 aromatic rings. The molecule has 3 N–H and O–H groups in total. The zero-order valence-corrected chi connectivity index (χ0v) is 10.3. The minimum absolute atomic E-state index is 0.168. The number of rotatable bonds is 4. The van der Waals surface area contributed by atoms with Gasteiger partial charge in [0.25, 0.3) is 0 Å². The van der Waals surface area contributed by atoms with E-state index in [4.69, 9.17) is 15.2 Å². The van der Waals surface area contributed by atoms with Gasteiger partial charge in [0.05, 0.1) is 31.5 Å². The SMILES string of the molecule is COC[C@H]1OC[C@@](N)(c2ccccc2F)[C@@H]1CO. The molecule has 0 aromatic heterocycles. The fourth-order valence-corrected chi connectivity index (χ4v) is 2.53. The molecule has 0 radical (unpaired) electrons. The first-order valence-corrected chi connectivity index (χ1v) is 5.88. The quantitative estimate of drug-likeness (QED) is 0.828. The monoisotopic (exact) mass is 255 g/mol. The predicted octanol–water partition coefficient (Wildman–Crippen LogP) is 0.633. The van der Waals surface area contributed by atoms with E-state index >= 15 is 0 Å². The van der Waals surface area contributed by atoms with Crippen LogP contribution in [0.5, 0.6) is 0 Å². The Labute approximate surface area is 106 Å². The highest BCUT2D eigenvalue weighted by Gasteiger charge is 2.48. The Morgan fingerprint density at radius 2 is 2.28 bits per heavy atom. The Morgan fingerprint density at radius 3 is 2.89 bits per heavy atom. The van der Waals surface area contributed by atoms with Gasteiger partial charge in [0.15, 0.2) is 0 Å². The maximum absolute atomic E-state index is 13.9. The molecule has 18 heavy (non-hydrogen) atoms. The van der Waals surface area contributed by atoms with Gasteiger partial charge in [-0.2, -0.15) is 0 Å². The molecule has 1 aliphatic rings. The first-order chi connectivity index (χ1) is 8.63. The van der Waals surface area contributed by atoms with E-state index in [1.165, 1.54) is 6.07 Å². The molecule has 4 nitrogen and oxygen atoms in total. The van der Waals surface area contributed by atoms with Gasteiger partial charge >= 0.3 is 0 Å². The first-order valence-electron chi connectivity index (χ1n) is 5.88. The van der Waals surface area contributed by atoms with Crippen molar-refractivity contribution in [3.63, 3.8) is 0 Å². The lowest BCUT2D eigenvalue weighted by Gasteiger charge is -2.31. The second-order valence-electron chi connectivity index (χ2n) is 4.61. The van der Waals surface area contributed by atoms with Crippen molar-refractivity contribution in [2.45, 2.75) is 11.6 Å². The lowest BCUT2D eigenvalue weighted by atomic mass is 9.79. The van der Waals surface area contributed by atoms with Gasteiger partial charge in [-0.05, 0) is 6.07 Å². The molecule has 1 aromatic carbocycles. The van der Waals surface area contributed by atoms with Crippen LogP contribution in [0.1, 0.15) is 5.56 Å². The summed E-state index contributed by atoms with van der Waals surface area (Å²) >= 11 is 0. The zero-order valence-electron chi connectivity index (χ0n) is 10.3. The first kappa shape index (κ1) is 13.4. The molecule has 5 heteroatoms. The number of nitrogens with two attached hydrogens (primary N) is 1. The van der Waals surface area contributed by atoms with E-state index < -0.39 is 5.54 Å². The summed E-state index contributed by atoms with van der Waals surface area (Å²) in [5.41, 5.74) is 5.64. The number of aliphatic hydroxyl groups is 1. The van der Waals surface area contributed by atoms with E-state index in [0.29, 0.717) is 12.2 Å². The van der Waals surface area contributed by atoms with E-state index in [9.17, 15) is 9.50 Å². The molecule has 0 saturated carbocycles. The molecule has 0 bridgehead atoms. The highest BCUT2D eigenvalue weighted by Crippen LogP contribution is 2.38. The van der Waals surface area contributed by atoms with Crippen LogP contribution in [-0.4, -0.2) is 38.1 Å². The Hall–Kier alpha value is -1.01. The number of halogens is 1. The van der Waals surface area contributed by atoms with E-state index in [1.54, 1.807) is 25.3 Å². The van der Waals surface area contributed by atoms with E-state index in [1.807, 2.05) is 0 Å². The molecule has 0 aliphatic carbocycles. The lowest BCUT2D eigenvalue weighted by molar-refractivity contribution is 0.00958. The molecule has 1 aliphatic heterocycles. The van der Waals surface area contributed by atoms with E-state index in [0.717, 1.165) is 0 Å². The van der Waals surface area contributed by atoms with Gasteiger partial charge in [-0.25, -0.2) is 4.39 Å². The number of aliphatic hydroxyl groups excluding tert-OH is 1. The van der Waals surface area contributed by atoms with Gasteiger partial charge in [0.1, 0.15) is 5.82 Å². The van der Waals surface area contributed by atoms with Crippen LogP contribution in [0.15, 0.2) is 24.3 Å². The van der Waals surface area contributed by atoms with Crippen molar-refractivity contribution < 1.29 is 19.0 Å². The Morgan fingerprint density at radius 1 is 1.56 bits per heavy atom. The van der Waals surface area contributed by atoms with Crippen LogP contribution in [0, 0.1) is 11.7 Å². The number of benzene rings is 1. The van der Waals surface area contributed by atoms with E-state index in [-0.39, 0.29) is 31.1 Å². The molecule has 0 amide bonds. The predicted molar refractivity (Wildman–Crippen MR) is 64.5 cm³/mol. The summed E-state index contributed by atoms with van der Waals surface area (Å²) in [4.78, 5) is 0. The van der Waals surface area contributed by atoms with Gasteiger partial charge < -0.3 is 20.3 Å². The van der Waals surface area contributed by atoms with Crippen LogP contribution in [0.25, 0.3) is 0 Å². The van der Waals surface area contributed by atoms with Gasteiger partial charge in [-0.1, -0.05) is 18.2 Å². The van der Waals surface area contributed by atoms with Gasteiger partial charge in [-0.15, -0.1) is 0 Å².